The molecule has 0 spiro atoms. The summed E-state index contributed by atoms with van der Waals surface area (Å²) >= 11 is 5.85. The Balaban J connectivity index is 1.28. The van der Waals surface area contributed by atoms with Gasteiger partial charge in [0.2, 0.25) is 0 Å². The number of amides is 2. The minimum Gasteiger partial charge on any atom is -0.497 e. The normalized spacial score (nSPS) is 13.2. The van der Waals surface area contributed by atoms with E-state index in [1.165, 1.54) is 0 Å². The number of rotatable bonds is 8. The van der Waals surface area contributed by atoms with Crippen LogP contribution in [0, 0.1) is 0 Å². The van der Waals surface area contributed by atoms with Gasteiger partial charge in [-0.2, -0.15) is 0 Å². The Labute approximate surface area is 215 Å². The Bertz CT molecular complexity index is 1170. The molecule has 0 radical (unpaired) electrons. The third kappa shape index (κ3) is 6.40. The number of nitrogens with one attached hydrogen (secondary N) is 1. The Morgan fingerprint density at radius 3 is 2.03 bits per heavy atom. The number of carbonyl (C=O) groups excluding carboxylic acids is 2. The fourth-order valence-electron chi connectivity index (χ4n) is 3.91. The molecule has 1 aliphatic heterocycles. The first-order valence-corrected chi connectivity index (χ1v) is 11.9. The number of hydrogen-bond donors (Lipinski definition) is 1. The molecule has 0 aliphatic carbocycles. The summed E-state index contributed by atoms with van der Waals surface area (Å²) in [6, 6.07) is 19.7. The fourth-order valence-corrected chi connectivity index (χ4v) is 4.04. The number of halogens is 1. The number of methoxy groups -OCH3 is 2. The first-order chi connectivity index (χ1) is 17.4. The van der Waals surface area contributed by atoms with Gasteiger partial charge in [-0.05, 0) is 60.7 Å². The van der Waals surface area contributed by atoms with E-state index in [4.69, 9.17) is 25.8 Å². The van der Waals surface area contributed by atoms with Crippen molar-refractivity contribution in [1.29, 1.82) is 0 Å². The molecule has 8 nitrogen and oxygen atoms in total. The zero-order valence-electron chi connectivity index (χ0n) is 20.2. The van der Waals surface area contributed by atoms with Gasteiger partial charge in [0, 0.05) is 54.2 Å². The molecule has 2 amide bonds. The van der Waals surface area contributed by atoms with Crippen LogP contribution in [0.1, 0.15) is 10.4 Å². The lowest BCUT2D eigenvalue weighted by Crippen LogP contribution is -2.48. The molecule has 1 heterocycles. The monoisotopic (exact) mass is 509 g/mol. The first-order valence-electron chi connectivity index (χ1n) is 11.5. The first kappa shape index (κ1) is 25.2. The largest absolute Gasteiger partial charge is 0.497 e. The molecule has 36 heavy (non-hydrogen) atoms. The summed E-state index contributed by atoms with van der Waals surface area (Å²) in [4.78, 5) is 29.3. The van der Waals surface area contributed by atoms with Gasteiger partial charge in [-0.25, -0.2) is 0 Å². The molecule has 3 aromatic carbocycles. The van der Waals surface area contributed by atoms with Gasteiger partial charge in [-0.15, -0.1) is 0 Å². The van der Waals surface area contributed by atoms with Crippen molar-refractivity contribution >= 4 is 34.8 Å². The fraction of sp³-hybridized carbons (Fsp3) is 0.259. The second-order valence-electron chi connectivity index (χ2n) is 8.22. The molecule has 0 atom stereocenters. The van der Waals surface area contributed by atoms with Crippen LogP contribution in [0.2, 0.25) is 5.02 Å². The van der Waals surface area contributed by atoms with Crippen molar-refractivity contribution in [2.45, 2.75) is 0 Å². The Morgan fingerprint density at radius 2 is 1.44 bits per heavy atom. The molecule has 0 bridgehead atoms. The van der Waals surface area contributed by atoms with Crippen LogP contribution in [0.15, 0.2) is 66.7 Å². The smallest absolute Gasteiger partial charge is 0.262 e. The Hall–Kier alpha value is -3.91. The lowest BCUT2D eigenvalue weighted by atomic mass is 10.1. The maximum absolute atomic E-state index is 13.0. The third-order valence-corrected chi connectivity index (χ3v) is 6.12. The topological polar surface area (TPSA) is 80.3 Å². The van der Waals surface area contributed by atoms with Crippen LogP contribution in [0.3, 0.4) is 0 Å². The summed E-state index contributed by atoms with van der Waals surface area (Å²) < 4.78 is 16.0. The van der Waals surface area contributed by atoms with E-state index in [-0.39, 0.29) is 18.4 Å². The van der Waals surface area contributed by atoms with E-state index in [0.717, 1.165) is 5.69 Å². The molecule has 9 heteroatoms. The van der Waals surface area contributed by atoms with Gasteiger partial charge in [0.05, 0.1) is 14.2 Å². The van der Waals surface area contributed by atoms with Crippen LogP contribution in [0.4, 0.5) is 11.4 Å². The van der Waals surface area contributed by atoms with E-state index in [9.17, 15) is 9.59 Å². The van der Waals surface area contributed by atoms with Crippen molar-refractivity contribution < 1.29 is 23.8 Å². The van der Waals surface area contributed by atoms with Crippen LogP contribution in [-0.2, 0) is 4.79 Å². The molecule has 4 rings (SSSR count). The van der Waals surface area contributed by atoms with Gasteiger partial charge in [0.1, 0.15) is 17.2 Å². The summed E-state index contributed by atoms with van der Waals surface area (Å²) in [5.74, 6) is 1.44. The van der Waals surface area contributed by atoms with Gasteiger partial charge in [-0.1, -0.05) is 11.6 Å². The molecule has 0 saturated carbocycles. The van der Waals surface area contributed by atoms with Crippen molar-refractivity contribution in [2.75, 3.05) is 57.2 Å². The minimum atomic E-state index is -0.251. The Kier molecular flexibility index (Phi) is 8.17. The molecule has 0 unspecified atom stereocenters. The van der Waals surface area contributed by atoms with Crippen molar-refractivity contribution in [3.05, 3.63) is 77.3 Å². The van der Waals surface area contributed by atoms with E-state index in [2.05, 4.69) is 10.2 Å². The highest BCUT2D eigenvalue weighted by atomic mass is 35.5. The number of benzene rings is 3. The zero-order valence-corrected chi connectivity index (χ0v) is 21.0. The molecule has 1 N–H and O–H groups in total. The van der Waals surface area contributed by atoms with Gasteiger partial charge in [0.25, 0.3) is 11.8 Å². The van der Waals surface area contributed by atoms with Crippen molar-refractivity contribution in [3.63, 3.8) is 0 Å². The average Bonchev–Trinajstić information content (AvgIpc) is 2.92. The SMILES string of the molecule is COc1cc(OC)cc(C(=O)N2CCN(c3ccc(NC(=O)COc4ccc(Cl)cc4)cc3)CC2)c1. The molecular formula is C27H28ClN3O5. The highest BCUT2D eigenvalue weighted by molar-refractivity contribution is 6.30. The summed E-state index contributed by atoms with van der Waals surface area (Å²) in [7, 11) is 3.13. The highest BCUT2D eigenvalue weighted by Crippen LogP contribution is 2.25. The number of nitrogens with zero attached hydrogens (tertiary/aromatic N) is 2. The molecule has 188 valence electrons. The van der Waals surface area contributed by atoms with Crippen LogP contribution < -0.4 is 24.4 Å². The lowest BCUT2D eigenvalue weighted by Gasteiger charge is -2.36. The second kappa shape index (κ2) is 11.7. The highest BCUT2D eigenvalue weighted by Gasteiger charge is 2.23. The van der Waals surface area contributed by atoms with E-state index in [0.29, 0.717) is 59.7 Å². The summed E-state index contributed by atoms with van der Waals surface area (Å²) in [6.45, 7) is 2.50. The van der Waals surface area contributed by atoms with Crippen molar-refractivity contribution in [3.8, 4) is 17.2 Å². The Morgan fingerprint density at radius 1 is 0.833 bits per heavy atom. The maximum atomic E-state index is 13.0. The maximum Gasteiger partial charge on any atom is 0.262 e. The summed E-state index contributed by atoms with van der Waals surface area (Å²) in [5, 5.41) is 3.44. The molecular weight excluding hydrogens is 482 g/mol. The molecule has 0 aromatic heterocycles. The number of carbonyl (C=O) groups is 2. The van der Waals surface area contributed by atoms with Crippen LogP contribution >= 0.6 is 11.6 Å². The summed E-state index contributed by atoms with van der Waals surface area (Å²) in [5.41, 5.74) is 2.25. The van der Waals surface area contributed by atoms with Gasteiger partial charge in [0.15, 0.2) is 6.61 Å². The van der Waals surface area contributed by atoms with Gasteiger partial charge < -0.3 is 29.3 Å². The van der Waals surface area contributed by atoms with E-state index in [1.54, 1.807) is 56.7 Å². The third-order valence-electron chi connectivity index (χ3n) is 5.87. The standard InChI is InChI=1S/C27H28ClN3O5/c1-34-24-15-19(16-25(17-24)35-2)27(33)31-13-11-30(12-14-31)22-7-5-21(6-8-22)29-26(32)18-36-23-9-3-20(28)4-10-23/h3-10,15-17H,11-14,18H2,1-2H3,(H,29,32). The molecule has 1 saturated heterocycles. The van der Waals surface area contributed by atoms with Crippen LogP contribution in [0.5, 0.6) is 17.2 Å². The van der Waals surface area contributed by atoms with Crippen molar-refractivity contribution in [2.24, 2.45) is 0 Å². The predicted octanol–water partition coefficient (Wildman–Crippen LogP) is 4.34. The van der Waals surface area contributed by atoms with Crippen LogP contribution in [-0.4, -0.2) is 63.7 Å². The van der Waals surface area contributed by atoms with E-state index >= 15 is 0 Å². The number of piperazine rings is 1. The van der Waals surface area contributed by atoms with Gasteiger partial charge >= 0.3 is 0 Å². The van der Waals surface area contributed by atoms with E-state index in [1.807, 2.05) is 29.2 Å². The lowest BCUT2D eigenvalue weighted by molar-refractivity contribution is -0.118. The predicted molar refractivity (Wildman–Crippen MR) is 140 cm³/mol. The second-order valence-corrected chi connectivity index (χ2v) is 8.65. The number of anilines is 2. The van der Waals surface area contributed by atoms with Crippen LogP contribution in [0.25, 0.3) is 0 Å². The molecule has 1 fully saturated rings. The molecule has 1 aliphatic rings. The zero-order chi connectivity index (χ0) is 25.5. The van der Waals surface area contributed by atoms with E-state index < -0.39 is 0 Å². The number of hydrogen-bond acceptors (Lipinski definition) is 6. The van der Waals surface area contributed by atoms with Gasteiger partial charge in [-0.3, -0.25) is 9.59 Å². The number of ether oxygens (including phenoxy) is 3. The minimum absolute atomic E-state index is 0.0503. The quantitative estimate of drug-likeness (QED) is 0.486. The summed E-state index contributed by atoms with van der Waals surface area (Å²) in [6.07, 6.45) is 0. The van der Waals surface area contributed by atoms with Crippen molar-refractivity contribution in [1.82, 2.24) is 4.90 Å². The average molecular weight is 510 g/mol. The molecule has 3 aromatic rings.